The van der Waals surface area contributed by atoms with Crippen LogP contribution in [0.3, 0.4) is 0 Å². The number of likely N-dealkylation sites (tertiary alicyclic amines) is 1. The summed E-state index contributed by atoms with van der Waals surface area (Å²) < 4.78 is 13.9. The molecule has 1 aliphatic rings. The van der Waals surface area contributed by atoms with Crippen LogP contribution < -0.4 is 14.8 Å². The zero-order valence-electron chi connectivity index (χ0n) is 20.9. The number of para-hydroxylation sites is 2. The van der Waals surface area contributed by atoms with Gasteiger partial charge in [0.2, 0.25) is 0 Å². The van der Waals surface area contributed by atoms with Gasteiger partial charge in [0, 0.05) is 37.8 Å². The zero-order valence-corrected chi connectivity index (χ0v) is 21.7. The van der Waals surface area contributed by atoms with Gasteiger partial charge >= 0.3 is 0 Å². The molecule has 2 heterocycles. The molecule has 0 saturated carbocycles. The second-order valence-corrected chi connectivity index (χ2v) is 10.0. The summed E-state index contributed by atoms with van der Waals surface area (Å²) in [6, 6.07) is 13.6. The molecule has 1 amide bonds. The summed E-state index contributed by atoms with van der Waals surface area (Å²) in [5.41, 5.74) is 1.69. The van der Waals surface area contributed by atoms with E-state index in [1.54, 1.807) is 7.11 Å². The number of halogens is 1. The van der Waals surface area contributed by atoms with Crippen molar-refractivity contribution in [1.82, 2.24) is 14.8 Å². The SMILES string of the molecule is COc1cccc2c(C(=O)NCC(C)C)cn(CCCN3CCC(Oc4ccccc4Cl)CC3)c12. The molecule has 0 bridgehead atoms. The monoisotopic (exact) mass is 497 g/mol. The molecule has 188 valence electrons. The number of methoxy groups -OCH3 is 1. The first-order valence-corrected chi connectivity index (χ1v) is 12.9. The minimum atomic E-state index is -0.0312. The van der Waals surface area contributed by atoms with Gasteiger partial charge in [-0.15, -0.1) is 0 Å². The Labute approximate surface area is 213 Å². The number of nitrogens with zero attached hydrogens (tertiary/aromatic N) is 2. The van der Waals surface area contributed by atoms with Crippen molar-refractivity contribution in [3.8, 4) is 11.5 Å². The molecule has 7 heteroatoms. The highest BCUT2D eigenvalue weighted by atomic mass is 35.5. The van der Waals surface area contributed by atoms with Crippen molar-refractivity contribution in [3.05, 3.63) is 59.2 Å². The minimum absolute atomic E-state index is 0.0312. The van der Waals surface area contributed by atoms with Crippen LogP contribution in [0.1, 0.15) is 43.5 Å². The number of rotatable bonds is 10. The van der Waals surface area contributed by atoms with Crippen LogP contribution in [0.15, 0.2) is 48.7 Å². The molecule has 0 aliphatic carbocycles. The summed E-state index contributed by atoms with van der Waals surface area (Å²) >= 11 is 6.24. The largest absolute Gasteiger partial charge is 0.495 e. The van der Waals surface area contributed by atoms with Crippen molar-refractivity contribution in [1.29, 1.82) is 0 Å². The molecule has 1 fully saturated rings. The van der Waals surface area contributed by atoms with E-state index in [0.29, 0.717) is 23.0 Å². The summed E-state index contributed by atoms with van der Waals surface area (Å²) in [6.45, 7) is 8.69. The third-order valence-electron chi connectivity index (χ3n) is 6.53. The second-order valence-electron chi connectivity index (χ2n) is 9.64. The third-order valence-corrected chi connectivity index (χ3v) is 6.85. The molecule has 0 spiro atoms. The molecular weight excluding hydrogens is 462 g/mol. The van der Waals surface area contributed by atoms with Crippen LogP contribution in [0.2, 0.25) is 5.02 Å². The summed E-state index contributed by atoms with van der Waals surface area (Å²) in [6.07, 6.45) is 5.16. The smallest absolute Gasteiger partial charge is 0.253 e. The number of piperidine rings is 1. The number of fused-ring (bicyclic) bond motifs is 1. The molecule has 3 aromatic rings. The first-order chi connectivity index (χ1) is 17.0. The van der Waals surface area contributed by atoms with E-state index in [9.17, 15) is 4.79 Å². The predicted molar refractivity (Wildman–Crippen MR) is 142 cm³/mol. The number of benzene rings is 2. The lowest BCUT2D eigenvalue weighted by atomic mass is 10.1. The fourth-order valence-corrected chi connectivity index (χ4v) is 4.86. The molecule has 6 nitrogen and oxygen atoms in total. The van der Waals surface area contributed by atoms with E-state index in [0.717, 1.165) is 67.8 Å². The Kier molecular flexibility index (Phi) is 8.58. The number of carbonyl (C=O) groups is 1. The zero-order chi connectivity index (χ0) is 24.8. The van der Waals surface area contributed by atoms with Gasteiger partial charge in [-0.1, -0.05) is 49.7 Å². The summed E-state index contributed by atoms with van der Waals surface area (Å²) in [7, 11) is 1.68. The number of carbonyl (C=O) groups excluding carboxylic acids is 1. The van der Waals surface area contributed by atoms with Gasteiger partial charge in [0.25, 0.3) is 5.91 Å². The standard InChI is InChI=1S/C28H36ClN3O3/c1-20(2)18-30-28(33)23-19-32(27-22(23)8-6-11-26(27)34-3)15-7-14-31-16-12-21(13-17-31)35-25-10-5-4-9-24(25)29/h4-6,8-11,19-21H,7,12-18H2,1-3H3,(H,30,33). The lowest BCUT2D eigenvalue weighted by Gasteiger charge is -2.32. The van der Waals surface area contributed by atoms with Gasteiger partial charge in [0.15, 0.2) is 0 Å². The number of nitrogens with one attached hydrogen (secondary N) is 1. The van der Waals surface area contributed by atoms with Crippen molar-refractivity contribution in [2.75, 3.05) is 33.3 Å². The fraction of sp³-hybridized carbons (Fsp3) is 0.464. The van der Waals surface area contributed by atoms with E-state index in [1.165, 1.54) is 0 Å². The van der Waals surface area contributed by atoms with E-state index in [-0.39, 0.29) is 12.0 Å². The van der Waals surface area contributed by atoms with Crippen LogP contribution in [0.25, 0.3) is 10.9 Å². The van der Waals surface area contributed by atoms with Gasteiger partial charge in [-0.2, -0.15) is 0 Å². The topological polar surface area (TPSA) is 55.7 Å². The molecule has 2 aromatic carbocycles. The van der Waals surface area contributed by atoms with Crippen molar-refractivity contribution in [2.24, 2.45) is 5.92 Å². The van der Waals surface area contributed by atoms with Crippen LogP contribution in [0, 0.1) is 5.92 Å². The van der Waals surface area contributed by atoms with Gasteiger partial charge in [-0.05, 0) is 49.9 Å². The molecule has 35 heavy (non-hydrogen) atoms. The van der Waals surface area contributed by atoms with Crippen LogP contribution in [0.5, 0.6) is 11.5 Å². The molecule has 4 rings (SSSR count). The van der Waals surface area contributed by atoms with Gasteiger partial charge in [-0.25, -0.2) is 0 Å². The van der Waals surface area contributed by atoms with Crippen LogP contribution in [-0.2, 0) is 6.54 Å². The third kappa shape index (κ3) is 6.30. The van der Waals surface area contributed by atoms with Gasteiger partial charge in [0.1, 0.15) is 17.6 Å². The second kappa shape index (κ2) is 11.8. The summed E-state index contributed by atoms with van der Waals surface area (Å²) in [5.74, 6) is 1.94. The Morgan fingerprint density at radius 1 is 1.09 bits per heavy atom. The fourth-order valence-electron chi connectivity index (χ4n) is 4.68. The number of amides is 1. The first-order valence-electron chi connectivity index (χ1n) is 12.5. The average molecular weight is 498 g/mol. The van der Waals surface area contributed by atoms with E-state index >= 15 is 0 Å². The minimum Gasteiger partial charge on any atom is -0.495 e. The lowest BCUT2D eigenvalue weighted by Crippen LogP contribution is -2.39. The molecule has 0 radical (unpaired) electrons. The highest BCUT2D eigenvalue weighted by Gasteiger charge is 2.22. The van der Waals surface area contributed by atoms with Crippen molar-refractivity contribution < 1.29 is 14.3 Å². The normalized spacial score (nSPS) is 15.0. The first kappa shape index (κ1) is 25.4. The number of aromatic nitrogens is 1. The van der Waals surface area contributed by atoms with Crippen molar-refractivity contribution in [3.63, 3.8) is 0 Å². The molecule has 0 atom stereocenters. The predicted octanol–water partition coefficient (Wildman–Crippen LogP) is 5.62. The Hall–Kier alpha value is -2.70. The van der Waals surface area contributed by atoms with Crippen molar-refractivity contribution >= 4 is 28.4 Å². The van der Waals surface area contributed by atoms with E-state index in [1.807, 2.05) is 48.7 Å². The maximum atomic E-state index is 12.9. The van der Waals surface area contributed by atoms with Gasteiger partial charge in [-0.3, -0.25) is 4.79 Å². The Morgan fingerprint density at radius 2 is 1.83 bits per heavy atom. The van der Waals surface area contributed by atoms with Crippen LogP contribution >= 0.6 is 11.6 Å². The summed E-state index contributed by atoms with van der Waals surface area (Å²) in [5, 5.41) is 4.65. The maximum Gasteiger partial charge on any atom is 0.253 e. The molecule has 1 N–H and O–H groups in total. The molecule has 1 aliphatic heterocycles. The highest BCUT2D eigenvalue weighted by molar-refractivity contribution is 6.32. The number of hydrogen-bond acceptors (Lipinski definition) is 4. The van der Waals surface area contributed by atoms with Crippen LogP contribution in [0.4, 0.5) is 0 Å². The lowest BCUT2D eigenvalue weighted by molar-refractivity contribution is 0.0950. The molecule has 1 saturated heterocycles. The number of ether oxygens (including phenoxy) is 2. The van der Waals surface area contributed by atoms with E-state index in [2.05, 4.69) is 28.6 Å². The Bertz CT molecular complexity index is 1140. The highest BCUT2D eigenvalue weighted by Crippen LogP contribution is 2.31. The number of aryl methyl sites for hydroxylation is 1. The van der Waals surface area contributed by atoms with Crippen LogP contribution in [-0.4, -0.2) is 54.8 Å². The number of hydrogen-bond donors (Lipinski definition) is 1. The van der Waals surface area contributed by atoms with Gasteiger partial charge < -0.3 is 24.3 Å². The Morgan fingerprint density at radius 3 is 2.54 bits per heavy atom. The molecule has 1 aromatic heterocycles. The van der Waals surface area contributed by atoms with E-state index in [4.69, 9.17) is 21.1 Å². The van der Waals surface area contributed by atoms with E-state index < -0.39 is 0 Å². The molecule has 0 unspecified atom stereocenters. The average Bonchev–Trinajstić information content (AvgIpc) is 3.24. The Balaban J connectivity index is 1.35. The summed E-state index contributed by atoms with van der Waals surface area (Å²) in [4.78, 5) is 15.4. The quantitative estimate of drug-likeness (QED) is 0.395. The molecular formula is C28H36ClN3O3. The van der Waals surface area contributed by atoms with Gasteiger partial charge in [0.05, 0.1) is 23.2 Å². The van der Waals surface area contributed by atoms with Crippen molar-refractivity contribution in [2.45, 2.75) is 45.8 Å². The maximum absolute atomic E-state index is 12.9.